The summed E-state index contributed by atoms with van der Waals surface area (Å²) in [6.07, 6.45) is 7.76. The molecule has 0 bridgehead atoms. The topological polar surface area (TPSA) is 170 Å². The van der Waals surface area contributed by atoms with Crippen molar-refractivity contribution >= 4 is 39.5 Å². The van der Waals surface area contributed by atoms with E-state index < -0.39 is 39.8 Å². The minimum atomic E-state index is -1.15. The van der Waals surface area contributed by atoms with Gasteiger partial charge in [-0.1, -0.05) is 76.2 Å². The van der Waals surface area contributed by atoms with Crippen LogP contribution in [0.25, 0.3) is 33.6 Å². The van der Waals surface area contributed by atoms with Gasteiger partial charge in [-0.15, -0.1) is 0 Å². The zero-order valence-electron chi connectivity index (χ0n) is 32.4. The molecule has 2 aromatic heterocycles. The van der Waals surface area contributed by atoms with Crippen LogP contribution in [-0.2, 0) is 35.9 Å². The molecule has 4 aromatic rings. The molecule has 4 heterocycles. The summed E-state index contributed by atoms with van der Waals surface area (Å²) in [5.74, 6) is 1.15. The number of imidazole rings is 2. The van der Waals surface area contributed by atoms with Gasteiger partial charge in [-0.3, -0.25) is 18.0 Å². The molecule has 2 aromatic carbocycles. The van der Waals surface area contributed by atoms with Gasteiger partial charge in [-0.05, 0) is 46.9 Å². The van der Waals surface area contributed by atoms with Gasteiger partial charge >= 0.3 is 6.09 Å². The molecular weight excluding hydrogens is 739 g/mol. The quantitative estimate of drug-likeness (QED) is 0.167. The van der Waals surface area contributed by atoms with E-state index in [-0.39, 0.29) is 40.2 Å². The summed E-state index contributed by atoms with van der Waals surface area (Å²) < 4.78 is 29.7. The minimum Gasteiger partial charge on any atom is -0.453 e. The summed E-state index contributed by atoms with van der Waals surface area (Å²) in [7, 11) is -0.929. The third-order valence-electron chi connectivity index (χ3n) is 10.6. The molecule has 7 atom stereocenters. The van der Waals surface area contributed by atoms with Gasteiger partial charge in [0.25, 0.3) is 0 Å². The lowest BCUT2D eigenvalue weighted by atomic mass is 10.0. The Morgan fingerprint density at radius 2 is 1.20 bits per heavy atom. The van der Waals surface area contributed by atoms with Crippen molar-refractivity contribution in [2.24, 2.45) is 11.8 Å². The van der Waals surface area contributed by atoms with Crippen LogP contribution in [0.4, 0.5) is 4.79 Å². The molecule has 2 saturated heterocycles. The smallest absolute Gasteiger partial charge is 0.407 e. The van der Waals surface area contributed by atoms with Gasteiger partial charge < -0.3 is 29.8 Å². The van der Waals surface area contributed by atoms with Crippen LogP contribution in [0.3, 0.4) is 0 Å². The SMILES string of the molecule is COC(=O)N[C@H](C(=O)N1C[C@@H](S(C)=O)C[C@H]1c1ncc(-c2ccc(-c3ccc(-c4cnc([C@@H]5C[C@H](S(C)=O)CN5C(=O)CC(C)C)[nH]4)cc3)cc2)[nH]1)C(C)C. The van der Waals surface area contributed by atoms with Crippen molar-refractivity contribution in [3.63, 3.8) is 0 Å². The number of nitrogens with one attached hydrogen (secondary N) is 3. The highest BCUT2D eigenvalue weighted by Gasteiger charge is 2.43. The molecule has 0 spiro atoms. The van der Waals surface area contributed by atoms with Crippen molar-refractivity contribution < 1.29 is 27.5 Å². The van der Waals surface area contributed by atoms with Crippen molar-refractivity contribution in [2.75, 3.05) is 32.7 Å². The van der Waals surface area contributed by atoms with Crippen LogP contribution in [0.1, 0.15) is 70.7 Å². The molecule has 2 aliphatic heterocycles. The van der Waals surface area contributed by atoms with E-state index in [4.69, 9.17) is 4.74 Å². The van der Waals surface area contributed by atoms with Crippen molar-refractivity contribution in [2.45, 2.75) is 75.6 Å². The summed E-state index contributed by atoms with van der Waals surface area (Å²) in [4.78, 5) is 58.6. The Hall–Kier alpha value is -4.63. The second-order valence-corrected chi connectivity index (χ2v) is 18.6. The Morgan fingerprint density at radius 3 is 1.62 bits per heavy atom. The van der Waals surface area contributed by atoms with E-state index in [1.54, 1.807) is 29.8 Å². The molecule has 2 unspecified atom stereocenters. The first kappa shape index (κ1) is 40.0. The fourth-order valence-electron chi connectivity index (χ4n) is 7.45. The monoisotopic (exact) mass is 789 g/mol. The number of H-pyrrole nitrogens is 2. The van der Waals surface area contributed by atoms with E-state index in [0.717, 1.165) is 33.6 Å². The number of carbonyl (C=O) groups excluding carboxylic acids is 3. The van der Waals surface area contributed by atoms with Crippen molar-refractivity contribution in [3.05, 3.63) is 72.6 Å². The highest BCUT2D eigenvalue weighted by Crippen LogP contribution is 2.37. The van der Waals surface area contributed by atoms with E-state index in [1.807, 2.05) is 69.0 Å². The number of carbonyl (C=O) groups is 3. The van der Waals surface area contributed by atoms with Crippen LogP contribution < -0.4 is 5.32 Å². The number of methoxy groups -OCH3 is 1. The number of aromatic nitrogens is 4. The fraction of sp³-hybridized carbons (Fsp3) is 0.475. The molecule has 55 heavy (non-hydrogen) atoms. The molecule has 3 N–H and O–H groups in total. The number of hydrogen-bond donors (Lipinski definition) is 3. The maximum Gasteiger partial charge on any atom is 0.407 e. The molecule has 0 aliphatic carbocycles. The van der Waals surface area contributed by atoms with Crippen molar-refractivity contribution in [3.8, 4) is 33.6 Å². The standard InChI is InChI=1S/C40H51N7O6S2/c1-23(2)16-35(48)46-21-29(54(6)51)17-33(46)37-41-19-31(43-37)27-12-8-25(9-13-27)26-10-14-28(15-11-26)32-20-42-38(44-32)34-18-30(55(7)52)22-47(34)39(49)36(24(3)4)45-40(50)53-5/h8-15,19-20,23-24,29-30,33-34,36H,16-18,21-22H2,1-7H3,(H,41,43)(H,42,44)(H,45,50)/t29-,30-,33-,34-,36-,54?,55?/m0/s1. The Balaban J connectivity index is 1.15. The molecular formula is C40H51N7O6S2. The highest BCUT2D eigenvalue weighted by atomic mass is 32.2. The molecule has 3 amide bonds. The normalized spacial score (nSPS) is 21.5. The number of amides is 3. The Morgan fingerprint density at radius 1 is 0.764 bits per heavy atom. The summed E-state index contributed by atoms with van der Waals surface area (Å²) in [6, 6.07) is 14.9. The predicted octanol–water partition coefficient (Wildman–Crippen LogP) is 5.60. The van der Waals surface area contributed by atoms with Crippen LogP contribution in [0.2, 0.25) is 0 Å². The number of aromatic amines is 2. The third-order valence-corrected chi connectivity index (χ3v) is 13.2. The second-order valence-electron chi connectivity index (χ2n) is 15.3. The van der Waals surface area contributed by atoms with Gasteiger partial charge in [0.1, 0.15) is 17.7 Å². The number of likely N-dealkylation sites (tertiary alicyclic amines) is 2. The van der Waals surface area contributed by atoms with Gasteiger partial charge in [-0.2, -0.15) is 0 Å². The number of rotatable bonds is 12. The summed E-state index contributed by atoms with van der Waals surface area (Å²) in [6.45, 7) is 8.54. The minimum absolute atomic E-state index is 0.0664. The fourth-order valence-corrected chi connectivity index (χ4v) is 9.10. The molecule has 0 saturated carbocycles. The van der Waals surface area contributed by atoms with Crippen molar-refractivity contribution in [1.29, 1.82) is 0 Å². The largest absolute Gasteiger partial charge is 0.453 e. The van der Waals surface area contributed by atoms with Gasteiger partial charge in [0, 0.05) is 53.6 Å². The van der Waals surface area contributed by atoms with Crippen LogP contribution >= 0.6 is 0 Å². The van der Waals surface area contributed by atoms with E-state index in [2.05, 4.69) is 37.4 Å². The van der Waals surface area contributed by atoms with Gasteiger partial charge in [0.15, 0.2) is 0 Å². The predicted molar refractivity (Wildman–Crippen MR) is 215 cm³/mol. The van der Waals surface area contributed by atoms with Crippen LogP contribution in [0, 0.1) is 11.8 Å². The highest BCUT2D eigenvalue weighted by molar-refractivity contribution is 7.85. The average Bonchev–Trinajstić information content (AvgIpc) is 3.99. The van der Waals surface area contributed by atoms with E-state index in [1.165, 1.54) is 7.11 Å². The number of benzene rings is 2. The maximum atomic E-state index is 13.8. The van der Waals surface area contributed by atoms with Crippen LogP contribution in [0.5, 0.6) is 0 Å². The first-order valence-corrected chi connectivity index (χ1v) is 21.9. The van der Waals surface area contributed by atoms with E-state index >= 15 is 0 Å². The average molecular weight is 790 g/mol. The first-order chi connectivity index (χ1) is 26.2. The van der Waals surface area contributed by atoms with E-state index in [0.29, 0.717) is 44.0 Å². The lowest BCUT2D eigenvalue weighted by Crippen LogP contribution is -2.51. The number of hydrogen-bond acceptors (Lipinski definition) is 8. The van der Waals surface area contributed by atoms with Crippen LogP contribution in [-0.4, -0.2) is 105 Å². The number of alkyl carbamates (subject to hydrolysis) is 1. The second kappa shape index (κ2) is 17.0. The molecule has 294 valence electrons. The Labute approximate surface area is 327 Å². The number of ether oxygens (including phenoxy) is 1. The molecule has 2 fully saturated rings. The Bertz CT molecular complexity index is 2040. The molecule has 13 nitrogen and oxygen atoms in total. The third kappa shape index (κ3) is 8.93. The summed E-state index contributed by atoms with van der Waals surface area (Å²) >= 11 is 0. The Kier molecular flexibility index (Phi) is 12.4. The molecule has 0 radical (unpaired) electrons. The van der Waals surface area contributed by atoms with Gasteiger partial charge in [0.05, 0.1) is 53.5 Å². The zero-order chi connectivity index (χ0) is 39.6. The van der Waals surface area contributed by atoms with Gasteiger partial charge in [0.2, 0.25) is 11.8 Å². The molecule has 2 aliphatic rings. The summed E-state index contributed by atoms with van der Waals surface area (Å²) in [5.41, 5.74) is 5.59. The molecule has 6 rings (SSSR count). The summed E-state index contributed by atoms with van der Waals surface area (Å²) in [5, 5.41) is 2.36. The lowest BCUT2D eigenvalue weighted by molar-refractivity contribution is -0.135. The maximum absolute atomic E-state index is 13.8. The van der Waals surface area contributed by atoms with Crippen molar-refractivity contribution in [1.82, 2.24) is 35.1 Å². The van der Waals surface area contributed by atoms with E-state index in [9.17, 15) is 22.8 Å². The molecule has 15 heteroatoms. The lowest BCUT2D eigenvalue weighted by Gasteiger charge is -2.30. The number of nitrogens with zero attached hydrogens (tertiary/aromatic N) is 4. The first-order valence-electron chi connectivity index (χ1n) is 18.6. The zero-order valence-corrected chi connectivity index (χ0v) is 34.0. The van der Waals surface area contributed by atoms with Crippen LogP contribution in [0.15, 0.2) is 60.9 Å². The van der Waals surface area contributed by atoms with Gasteiger partial charge in [-0.25, -0.2) is 14.8 Å².